The molecule has 0 N–H and O–H groups in total. The highest BCUT2D eigenvalue weighted by Gasteiger charge is 2.16. The summed E-state index contributed by atoms with van der Waals surface area (Å²) in [5.41, 5.74) is 0.749. The summed E-state index contributed by atoms with van der Waals surface area (Å²) >= 11 is 0. The lowest BCUT2D eigenvalue weighted by molar-refractivity contribution is 0.101. The Morgan fingerprint density at radius 1 is 1.33 bits per heavy atom. The summed E-state index contributed by atoms with van der Waals surface area (Å²) in [6.45, 7) is 3.65. The Kier molecular flexibility index (Phi) is 2.99. The van der Waals surface area contributed by atoms with E-state index in [0.29, 0.717) is 0 Å². The van der Waals surface area contributed by atoms with Gasteiger partial charge < -0.3 is 4.90 Å². The summed E-state index contributed by atoms with van der Waals surface area (Å²) < 4.78 is 0. The molecule has 1 saturated heterocycles. The molecule has 1 aliphatic heterocycles. The molecule has 0 unspecified atom stereocenters. The van der Waals surface area contributed by atoms with Gasteiger partial charge in [0.25, 0.3) is 0 Å². The van der Waals surface area contributed by atoms with Gasteiger partial charge in [0.1, 0.15) is 5.82 Å². The van der Waals surface area contributed by atoms with Crippen LogP contribution in [0.3, 0.4) is 0 Å². The number of aromatic nitrogens is 1. The van der Waals surface area contributed by atoms with Gasteiger partial charge in [0.15, 0.2) is 5.78 Å². The van der Waals surface area contributed by atoms with E-state index < -0.39 is 0 Å². The Bertz CT molecular complexity index is 356. The van der Waals surface area contributed by atoms with E-state index in [2.05, 4.69) is 9.88 Å². The van der Waals surface area contributed by atoms with Gasteiger partial charge in [-0.05, 0) is 38.3 Å². The van der Waals surface area contributed by atoms with Gasteiger partial charge in [0.2, 0.25) is 0 Å². The molecule has 3 nitrogen and oxygen atoms in total. The maximum Gasteiger partial charge on any atom is 0.163 e. The minimum Gasteiger partial charge on any atom is -0.356 e. The number of anilines is 1. The predicted molar refractivity (Wildman–Crippen MR) is 60.3 cm³/mol. The van der Waals surface area contributed by atoms with Gasteiger partial charge in [0.05, 0.1) is 5.56 Å². The molecular weight excluding hydrogens is 188 g/mol. The van der Waals surface area contributed by atoms with Crippen LogP contribution < -0.4 is 4.90 Å². The van der Waals surface area contributed by atoms with E-state index >= 15 is 0 Å². The first kappa shape index (κ1) is 10.1. The second-order valence-corrected chi connectivity index (χ2v) is 3.98. The Hall–Kier alpha value is -1.38. The number of nitrogens with zero attached hydrogens (tertiary/aromatic N) is 2. The molecule has 0 aliphatic carbocycles. The van der Waals surface area contributed by atoms with E-state index in [1.165, 1.54) is 19.3 Å². The highest BCUT2D eigenvalue weighted by Crippen LogP contribution is 2.21. The molecule has 1 fully saturated rings. The van der Waals surface area contributed by atoms with E-state index in [4.69, 9.17) is 0 Å². The first-order chi connectivity index (χ1) is 7.29. The van der Waals surface area contributed by atoms with Crippen LogP contribution >= 0.6 is 0 Å². The fraction of sp³-hybridized carbons (Fsp3) is 0.500. The number of carbonyl (C=O) groups excluding carboxylic acids is 1. The van der Waals surface area contributed by atoms with Crippen molar-refractivity contribution in [1.29, 1.82) is 0 Å². The number of hydrogen-bond acceptors (Lipinski definition) is 3. The molecule has 2 rings (SSSR count). The van der Waals surface area contributed by atoms with Crippen molar-refractivity contribution < 1.29 is 4.79 Å². The van der Waals surface area contributed by atoms with Crippen molar-refractivity contribution >= 4 is 11.6 Å². The average molecular weight is 204 g/mol. The first-order valence-corrected chi connectivity index (χ1v) is 5.50. The monoisotopic (exact) mass is 204 g/mol. The molecule has 3 heteroatoms. The number of rotatable bonds is 2. The van der Waals surface area contributed by atoms with E-state index in [9.17, 15) is 4.79 Å². The van der Waals surface area contributed by atoms with Gasteiger partial charge in [-0.1, -0.05) is 0 Å². The molecule has 1 aromatic rings. The average Bonchev–Trinajstić information content (AvgIpc) is 2.30. The smallest absolute Gasteiger partial charge is 0.163 e. The Balaban J connectivity index is 2.29. The summed E-state index contributed by atoms with van der Waals surface area (Å²) in [4.78, 5) is 18.0. The number of hydrogen-bond donors (Lipinski definition) is 0. The van der Waals surface area contributed by atoms with Crippen LogP contribution in [0.5, 0.6) is 0 Å². The predicted octanol–water partition coefficient (Wildman–Crippen LogP) is 2.27. The van der Waals surface area contributed by atoms with Gasteiger partial charge in [-0.15, -0.1) is 0 Å². The molecule has 0 bridgehead atoms. The molecule has 0 saturated carbocycles. The van der Waals surface area contributed by atoms with Crippen molar-refractivity contribution in [1.82, 2.24) is 4.98 Å². The molecule has 0 radical (unpaired) electrons. The third kappa shape index (κ3) is 2.17. The molecule has 2 heterocycles. The lowest BCUT2D eigenvalue weighted by Crippen LogP contribution is -2.31. The number of Topliss-reactive ketones (excluding diaryl/α,β-unsaturated/α-hetero) is 1. The number of carbonyl (C=O) groups is 1. The standard InChI is InChI=1S/C12H16N2O/c1-10(15)11-6-5-7-13-12(11)14-8-3-2-4-9-14/h5-7H,2-4,8-9H2,1H3. The van der Waals surface area contributed by atoms with Crippen LogP contribution in [0.25, 0.3) is 0 Å². The normalized spacial score (nSPS) is 16.5. The van der Waals surface area contributed by atoms with Gasteiger partial charge in [0, 0.05) is 19.3 Å². The van der Waals surface area contributed by atoms with Crippen molar-refractivity contribution in [3.05, 3.63) is 23.9 Å². The lowest BCUT2D eigenvalue weighted by Gasteiger charge is -2.28. The molecule has 0 aromatic carbocycles. The molecule has 0 atom stereocenters. The zero-order valence-electron chi connectivity index (χ0n) is 9.07. The van der Waals surface area contributed by atoms with E-state index in [0.717, 1.165) is 24.5 Å². The fourth-order valence-electron chi connectivity index (χ4n) is 2.03. The van der Waals surface area contributed by atoms with Gasteiger partial charge in [-0.3, -0.25) is 4.79 Å². The molecule has 1 aliphatic rings. The van der Waals surface area contributed by atoms with Crippen molar-refractivity contribution in [2.24, 2.45) is 0 Å². The number of ketones is 1. The largest absolute Gasteiger partial charge is 0.356 e. The van der Waals surface area contributed by atoms with Crippen LogP contribution in [0.2, 0.25) is 0 Å². The molecule has 0 amide bonds. The van der Waals surface area contributed by atoms with Gasteiger partial charge in [-0.2, -0.15) is 0 Å². The number of piperidine rings is 1. The second kappa shape index (κ2) is 4.43. The topological polar surface area (TPSA) is 33.2 Å². The van der Waals surface area contributed by atoms with Crippen LogP contribution in [0, 0.1) is 0 Å². The minimum absolute atomic E-state index is 0.101. The van der Waals surface area contributed by atoms with Crippen LogP contribution in [-0.2, 0) is 0 Å². The highest BCUT2D eigenvalue weighted by molar-refractivity contribution is 5.98. The van der Waals surface area contributed by atoms with E-state index in [-0.39, 0.29) is 5.78 Å². The van der Waals surface area contributed by atoms with Crippen LogP contribution in [0.1, 0.15) is 36.5 Å². The first-order valence-electron chi connectivity index (χ1n) is 5.50. The van der Waals surface area contributed by atoms with Crippen LogP contribution in [0.4, 0.5) is 5.82 Å². The highest BCUT2D eigenvalue weighted by atomic mass is 16.1. The molecule has 0 spiro atoms. The molecule has 15 heavy (non-hydrogen) atoms. The third-order valence-electron chi connectivity index (χ3n) is 2.82. The molecule has 80 valence electrons. The zero-order chi connectivity index (χ0) is 10.7. The summed E-state index contributed by atoms with van der Waals surface area (Å²) in [5, 5.41) is 0. The Morgan fingerprint density at radius 2 is 2.07 bits per heavy atom. The van der Waals surface area contributed by atoms with E-state index in [1.54, 1.807) is 13.1 Å². The second-order valence-electron chi connectivity index (χ2n) is 3.98. The van der Waals surface area contributed by atoms with Crippen molar-refractivity contribution in [2.75, 3.05) is 18.0 Å². The Morgan fingerprint density at radius 3 is 2.73 bits per heavy atom. The SMILES string of the molecule is CC(=O)c1cccnc1N1CCCCC1. The quantitative estimate of drug-likeness (QED) is 0.693. The van der Waals surface area contributed by atoms with Crippen LogP contribution in [0.15, 0.2) is 18.3 Å². The summed E-state index contributed by atoms with van der Waals surface area (Å²) in [7, 11) is 0. The maximum absolute atomic E-state index is 11.4. The van der Waals surface area contributed by atoms with E-state index in [1.807, 2.05) is 12.1 Å². The zero-order valence-corrected chi connectivity index (χ0v) is 9.07. The maximum atomic E-state index is 11.4. The number of pyridine rings is 1. The van der Waals surface area contributed by atoms with Gasteiger partial charge in [-0.25, -0.2) is 4.98 Å². The van der Waals surface area contributed by atoms with Gasteiger partial charge >= 0.3 is 0 Å². The minimum atomic E-state index is 0.101. The summed E-state index contributed by atoms with van der Waals surface area (Å²) in [6, 6.07) is 3.68. The summed E-state index contributed by atoms with van der Waals surface area (Å²) in [6.07, 6.45) is 5.46. The third-order valence-corrected chi connectivity index (χ3v) is 2.82. The van der Waals surface area contributed by atoms with Crippen molar-refractivity contribution in [2.45, 2.75) is 26.2 Å². The fourth-order valence-corrected chi connectivity index (χ4v) is 2.03. The molecule has 1 aromatic heterocycles. The summed E-state index contributed by atoms with van der Waals surface area (Å²) in [5.74, 6) is 0.966. The van der Waals surface area contributed by atoms with Crippen molar-refractivity contribution in [3.63, 3.8) is 0 Å². The lowest BCUT2D eigenvalue weighted by atomic mass is 10.1. The Labute approximate surface area is 90.1 Å². The molecular formula is C12H16N2O. The van der Waals surface area contributed by atoms with Crippen molar-refractivity contribution in [3.8, 4) is 0 Å². The van der Waals surface area contributed by atoms with Crippen LogP contribution in [-0.4, -0.2) is 23.9 Å².